The van der Waals surface area contributed by atoms with E-state index in [0.29, 0.717) is 13.1 Å². The van der Waals surface area contributed by atoms with Crippen molar-refractivity contribution in [2.24, 2.45) is 0 Å². The van der Waals surface area contributed by atoms with Crippen molar-refractivity contribution in [2.45, 2.75) is 26.9 Å². The number of rotatable bonds is 4. The molecular weight excluding hydrogens is 266 g/mol. The van der Waals surface area contributed by atoms with E-state index in [2.05, 4.69) is 28.6 Å². The maximum atomic E-state index is 11.6. The van der Waals surface area contributed by atoms with Crippen molar-refractivity contribution in [3.05, 3.63) is 38.0 Å². The third kappa shape index (κ3) is 3.82. The van der Waals surface area contributed by atoms with Crippen LogP contribution in [0.15, 0.2) is 18.3 Å². The highest BCUT2D eigenvalue weighted by atomic mass is 32.1. The van der Waals surface area contributed by atoms with Crippen LogP contribution in [0.2, 0.25) is 0 Å². The molecule has 0 bridgehead atoms. The van der Waals surface area contributed by atoms with Gasteiger partial charge in [-0.25, -0.2) is 9.78 Å². The average molecular weight is 281 g/mol. The molecule has 2 N–H and O–H groups in total. The van der Waals surface area contributed by atoms with E-state index in [9.17, 15) is 4.79 Å². The number of thiophene rings is 1. The summed E-state index contributed by atoms with van der Waals surface area (Å²) in [6.07, 6.45) is 1.79. The molecule has 2 amide bonds. The van der Waals surface area contributed by atoms with E-state index in [0.717, 1.165) is 14.8 Å². The number of hydrogen-bond acceptors (Lipinski definition) is 4. The average Bonchev–Trinajstić information content (AvgIpc) is 2.93. The van der Waals surface area contributed by atoms with Gasteiger partial charge in [-0.15, -0.1) is 22.7 Å². The summed E-state index contributed by atoms with van der Waals surface area (Å²) in [5.74, 6) is 0. The molecule has 6 heteroatoms. The second-order valence-electron chi connectivity index (χ2n) is 3.89. The SMILES string of the molecule is Cc1ccc(CNC(=O)NCc2cnc(C)s2)s1. The van der Waals surface area contributed by atoms with Crippen molar-refractivity contribution >= 4 is 28.7 Å². The second kappa shape index (κ2) is 5.97. The molecule has 0 aliphatic rings. The van der Waals surface area contributed by atoms with Crippen molar-refractivity contribution < 1.29 is 4.79 Å². The number of nitrogens with one attached hydrogen (secondary N) is 2. The summed E-state index contributed by atoms with van der Waals surface area (Å²) in [6.45, 7) is 5.11. The largest absolute Gasteiger partial charge is 0.333 e. The van der Waals surface area contributed by atoms with Crippen molar-refractivity contribution in [2.75, 3.05) is 0 Å². The summed E-state index contributed by atoms with van der Waals surface area (Å²) >= 11 is 3.29. The lowest BCUT2D eigenvalue weighted by atomic mass is 10.4. The minimum Gasteiger partial charge on any atom is -0.333 e. The Kier molecular flexibility index (Phi) is 4.33. The fraction of sp³-hybridized carbons (Fsp3) is 0.333. The molecule has 96 valence electrons. The van der Waals surface area contributed by atoms with Gasteiger partial charge in [0.05, 0.1) is 18.1 Å². The smallest absolute Gasteiger partial charge is 0.315 e. The Labute approximate surface area is 114 Å². The topological polar surface area (TPSA) is 54.0 Å². The van der Waals surface area contributed by atoms with Crippen LogP contribution in [0.1, 0.15) is 19.6 Å². The standard InChI is InChI=1S/C12H15N3OS2/c1-8-3-4-10(17-8)5-14-12(16)15-7-11-6-13-9(2)18-11/h3-4,6H,5,7H2,1-2H3,(H2,14,15,16). The van der Waals surface area contributed by atoms with Crippen LogP contribution in [-0.4, -0.2) is 11.0 Å². The first-order valence-corrected chi connectivity index (χ1v) is 7.25. The van der Waals surface area contributed by atoms with Gasteiger partial charge in [0.2, 0.25) is 0 Å². The number of amides is 2. The lowest BCUT2D eigenvalue weighted by Crippen LogP contribution is -2.34. The van der Waals surface area contributed by atoms with E-state index < -0.39 is 0 Å². The highest BCUT2D eigenvalue weighted by Gasteiger charge is 2.03. The number of nitrogens with zero attached hydrogens (tertiary/aromatic N) is 1. The number of aromatic nitrogens is 1. The van der Waals surface area contributed by atoms with E-state index in [-0.39, 0.29) is 6.03 Å². The highest BCUT2D eigenvalue weighted by Crippen LogP contribution is 2.14. The van der Waals surface area contributed by atoms with Crippen LogP contribution in [0.25, 0.3) is 0 Å². The number of aryl methyl sites for hydroxylation is 2. The van der Waals surface area contributed by atoms with Gasteiger partial charge in [-0.1, -0.05) is 0 Å². The zero-order valence-corrected chi connectivity index (χ0v) is 12.0. The minimum atomic E-state index is -0.146. The molecule has 4 nitrogen and oxygen atoms in total. The predicted octanol–water partition coefficient (Wildman–Crippen LogP) is 2.82. The summed E-state index contributed by atoms with van der Waals surface area (Å²) in [7, 11) is 0. The summed E-state index contributed by atoms with van der Waals surface area (Å²) in [5.41, 5.74) is 0. The lowest BCUT2D eigenvalue weighted by Gasteiger charge is -2.04. The van der Waals surface area contributed by atoms with Crippen LogP contribution in [0, 0.1) is 13.8 Å². The van der Waals surface area contributed by atoms with Crippen LogP contribution < -0.4 is 10.6 Å². The third-order valence-electron chi connectivity index (χ3n) is 2.31. The molecule has 2 heterocycles. The molecule has 0 aliphatic carbocycles. The molecule has 0 unspecified atom stereocenters. The molecule has 0 atom stereocenters. The fourth-order valence-corrected chi connectivity index (χ4v) is 3.03. The molecule has 0 aromatic carbocycles. The quantitative estimate of drug-likeness (QED) is 0.905. The Hall–Kier alpha value is -1.40. The number of carbonyl (C=O) groups excluding carboxylic acids is 1. The van der Waals surface area contributed by atoms with E-state index in [1.165, 1.54) is 4.88 Å². The first-order valence-electron chi connectivity index (χ1n) is 5.62. The Morgan fingerprint density at radius 3 is 2.44 bits per heavy atom. The van der Waals surface area contributed by atoms with Crippen LogP contribution in [0.3, 0.4) is 0 Å². The summed E-state index contributed by atoms with van der Waals surface area (Å²) < 4.78 is 0. The van der Waals surface area contributed by atoms with Gasteiger partial charge in [-0.2, -0.15) is 0 Å². The van der Waals surface area contributed by atoms with Gasteiger partial charge in [0, 0.05) is 20.8 Å². The number of carbonyl (C=O) groups is 1. The number of thiazole rings is 1. The number of urea groups is 1. The monoisotopic (exact) mass is 281 g/mol. The molecule has 2 aromatic rings. The van der Waals surface area contributed by atoms with Crippen LogP contribution in [-0.2, 0) is 13.1 Å². The summed E-state index contributed by atoms with van der Waals surface area (Å²) in [4.78, 5) is 19.2. The molecule has 0 saturated heterocycles. The van der Waals surface area contributed by atoms with E-state index in [1.54, 1.807) is 28.9 Å². The van der Waals surface area contributed by atoms with Crippen molar-refractivity contribution in [1.29, 1.82) is 0 Å². The molecule has 0 radical (unpaired) electrons. The Morgan fingerprint density at radius 2 is 1.89 bits per heavy atom. The Bertz CT molecular complexity index is 487. The third-order valence-corrected chi connectivity index (χ3v) is 4.22. The van der Waals surface area contributed by atoms with Gasteiger partial charge in [-0.3, -0.25) is 0 Å². The number of hydrogen-bond donors (Lipinski definition) is 2. The second-order valence-corrected chi connectivity index (χ2v) is 6.59. The molecule has 0 fully saturated rings. The van der Waals surface area contributed by atoms with Crippen molar-refractivity contribution in [1.82, 2.24) is 15.6 Å². The minimum absolute atomic E-state index is 0.146. The molecule has 0 aliphatic heterocycles. The van der Waals surface area contributed by atoms with Gasteiger partial charge in [0.15, 0.2) is 0 Å². The molecule has 0 spiro atoms. The van der Waals surface area contributed by atoms with Gasteiger partial charge < -0.3 is 10.6 Å². The lowest BCUT2D eigenvalue weighted by molar-refractivity contribution is 0.240. The molecular formula is C12H15N3OS2. The normalized spacial score (nSPS) is 10.3. The van der Waals surface area contributed by atoms with E-state index in [4.69, 9.17) is 0 Å². The molecule has 18 heavy (non-hydrogen) atoms. The first-order chi connectivity index (χ1) is 8.63. The zero-order valence-electron chi connectivity index (χ0n) is 10.3. The summed E-state index contributed by atoms with van der Waals surface area (Å²) in [6, 6.07) is 3.94. The Balaban J connectivity index is 1.72. The highest BCUT2D eigenvalue weighted by molar-refractivity contribution is 7.12. The molecule has 2 aromatic heterocycles. The van der Waals surface area contributed by atoms with Gasteiger partial charge in [-0.05, 0) is 26.0 Å². The van der Waals surface area contributed by atoms with Crippen LogP contribution in [0.4, 0.5) is 4.79 Å². The van der Waals surface area contributed by atoms with Gasteiger partial charge >= 0.3 is 6.03 Å². The fourth-order valence-electron chi connectivity index (χ4n) is 1.46. The van der Waals surface area contributed by atoms with Gasteiger partial charge in [0.1, 0.15) is 0 Å². The van der Waals surface area contributed by atoms with E-state index in [1.807, 2.05) is 13.0 Å². The Morgan fingerprint density at radius 1 is 1.17 bits per heavy atom. The first kappa shape index (κ1) is 13.0. The summed E-state index contributed by atoms with van der Waals surface area (Å²) in [5, 5.41) is 6.66. The van der Waals surface area contributed by atoms with Gasteiger partial charge in [0.25, 0.3) is 0 Å². The zero-order chi connectivity index (χ0) is 13.0. The maximum absolute atomic E-state index is 11.6. The maximum Gasteiger partial charge on any atom is 0.315 e. The van der Waals surface area contributed by atoms with Crippen molar-refractivity contribution in [3.63, 3.8) is 0 Å². The van der Waals surface area contributed by atoms with Crippen molar-refractivity contribution in [3.8, 4) is 0 Å². The molecule has 0 saturated carbocycles. The van der Waals surface area contributed by atoms with Crippen LogP contribution in [0.5, 0.6) is 0 Å². The van der Waals surface area contributed by atoms with E-state index >= 15 is 0 Å². The predicted molar refractivity (Wildman–Crippen MR) is 75.0 cm³/mol. The molecule has 2 rings (SSSR count). The van der Waals surface area contributed by atoms with Crippen LogP contribution >= 0.6 is 22.7 Å².